The highest BCUT2D eigenvalue weighted by atomic mass is 16.2. The van der Waals surface area contributed by atoms with E-state index in [9.17, 15) is 14.4 Å². The second-order valence-corrected chi connectivity index (χ2v) is 8.07. The van der Waals surface area contributed by atoms with Gasteiger partial charge in [-0.2, -0.15) is 5.10 Å². The predicted molar refractivity (Wildman–Crippen MR) is 138 cm³/mol. The third-order valence-corrected chi connectivity index (χ3v) is 5.58. The molecule has 2 N–H and O–H groups in total. The molecular weight excluding hydrogens is 454 g/mol. The number of hydrogen-bond acceptors (Lipinski definition) is 5. The lowest BCUT2D eigenvalue weighted by molar-refractivity contribution is 0.101. The van der Waals surface area contributed by atoms with Crippen LogP contribution in [0, 0.1) is 0 Å². The van der Waals surface area contributed by atoms with Gasteiger partial charge in [-0.05, 0) is 42.0 Å². The lowest BCUT2D eigenvalue weighted by atomic mass is 10.1. The van der Waals surface area contributed by atoms with E-state index in [1.54, 1.807) is 73.1 Å². The third-order valence-electron chi connectivity index (χ3n) is 5.58. The molecule has 0 aliphatic rings. The highest BCUT2D eigenvalue weighted by molar-refractivity contribution is 6.11. The molecule has 0 atom stereocenters. The van der Waals surface area contributed by atoms with E-state index >= 15 is 0 Å². The van der Waals surface area contributed by atoms with Crippen molar-refractivity contribution >= 4 is 34.0 Å². The Balaban J connectivity index is 1.44. The van der Waals surface area contributed by atoms with Gasteiger partial charge in [-0.3, -0.25) is 19.4 Å². The molecule has 3 aromatic carbocycles. The minimum atomic E-state index is -0.486. The number of anilines is 2. The predicted octanol–water partition coefficient (Wildman–Crippen LogP) is 4.34. The number of nitrogens with zero attached hydrogens (tertiary/aromatic N) is 3. The number of carbonyl (C=O) groups excluding carboxylic acids is 2. The molecule has 0 unspecified atom stereocenters. The first-order valence-corrected chi connectivity index (χ1v) is 11.2. The zero-order valence-electron chi connectivity index (χ0n) is 19.1. The molecule has 0 bridgehead atoms. The maximum absolute atomic E-state index is 13.3. The quantitative estimate of drug-likeness (QED) is 0.380. The highest BCUT2D eigenvalue weighted by Crippen LogP contribution is 2.18. The van der Waals surface area contributed by atoms with Gasteiger partial charge in [0.05, 0.1) is 11.9 Å². The number of hydrogen-bond donors (Lipinski definition) is 2. The summed E-state index contributed by atoms with van der Waals surface area (Å²) in [6.45, 7) is 0.232. The van der Waals surface area contributed by atoms with Gasteiger partial charge in [0.2, 0.25) is 0 Å². The van der Waals surface area contributed by atoms with Crippen molar-refractivity contribution in [2.75, 3.05) is 10.6 Å². The van der Waals surface area contributed by atoms with Crippen molar-refractivity contribution in [3.8, 4) is 0 Å². The Morgan fingerprint density at radius 1 is 0.722 bits per heavy atom. The van der Waals surface area contributed by atoms with Gasteiger partial charge in [0.25, 0.3) is 17.4 Å². The molecule has 0 saturated carbocycles. The van der Waals surface area contributed by atoms with Gasteiger partial charge in [-0.15, -0.1) is 0 Å². The maximum atomic E-state index is 13.3. The molecule has 0 saturated heterocycles. The van der Waals surface area contributed by atoms with Crippen LogP contribution in [-0.2, 0) is 6.54 Å². The summed E-state index contributed by atoms with van der Waals surface area (Å²) < 4.78 is 1.30. The highest BCUT2D eigenvalue weighted by Gasteiger charge is 2.18. The van der Waals surface area contributed by atoms with Gasteiger partial charge in [-0.1, -0.05) is 54.6 Å². The van der Waals surface area contributed by atoms with Crippen LogP contribution in [0.3, 0.4) is 0 Å². The smallest absolute Gasteiger partial charge is 0.276 e. The Morgan fingerprint density at radius 2 is 1.42 bits per heavy atom. The fourth-order valence-corrected chi connectivity index (χ4v) is 3.83. The number of benzene rings is 3. The lowest BCUT2D eigenvalue weighted by Gasteiger charge is -2.12. The van der Waals surface area contributed by atoms with Gasteiger partial charge < -0.3 is 10.6 Å². The van der Waals surface area contributed by atoms with Crippen LogP contribution >= 0.6 is 0 Å². The van der Waals surface area contributed by atoms with Crippen LogP contribution in [0.15, 0.2) is 108 Å². The molecule has 0 aliphatic carbocycles. The van der Waals surface area contributed by atoms with Crippen molar-refractivity contribution in [3.05, 3.63) is 131 Å². The minimum Gasteiger partial charge on any atom is -0.322 e. The number of carbonyl (C=O) groups is 2. The Bertz CT molecular complexity index is 1620. The summed E-state index contributed by atoms with van der Waals surface area (Å²) in [6, 6.07) is 26.3. The number of amides is 2. The van der Waals surface area contributed by atoms with Crippen molar-refractivity contribution < 1.29 is 9.59 Å². The monoisotopic (exact) mass is 475 g/mol. The first-order valence-electron chi connectivity index (χ1n) is 11.2. The number of pyridine rings is 1. The van der Waals surface area contributed by atoms with Gasteiger partial charge in [0.15, 0.2) is 5.69 Å². The molecule has 0 spiro atoms. The van der Waals surface area contributed by atoms with E-state index in [-0.39, 0.29) is 23.7 Å². The Morgan fingerprint density at radius 3 is 2.19 bits per heavy atom. The SMILES string of the molecule is O=C(Nc1ccncc1)c1cccc(NC(=O)c2nn(Cc3ccccc3)c(=O)c3ccccc23)c1. The largest absolute Gasteiger partial charge is 0.322 e. The van der Waals surface area contributed by atoms with E-state index in [1.165, 1.54) is 4.68 Å². The number of nitrogens with one attached hydrogen (secondary N) is 2. The zero-order chi connectivity index (χ0) is 24.9. The number of fused-ring (bicyclic) bond motifs is 1. The van der Waals surface area contributed by atoms with Crippen LogP contribution in [0.1, 0.15) is 26.4 Å². The van der Waals surface area contributed by atoms with E-state index in [4.69, 9.17) is 0 Å². The summed E-state index contributed by atoms with van der Waals surface area (Å²) in [5, 5.41) is 10.9. The third kappa shape index (κ3) is 4.88. The summed E-state index contributed by atoms with van der Waals surface area (Å²) >= 11 is 0. The number of aromatic nitrogens is 3. The molecule has 8 nitrogen and oxygen atoms in total. The van der Waals surface area contributed by atoms with E-state index in [0.29, 0.717) is 27.7 Å². The van der Waals surface area contributed by atoms with Gasteiger partial charge in [0.1, 0.15) is 0 Å². The molecule has 2 aromatic heterocycles. The zero-order valence-corrected chi connectivity index (χ0v) is 19.1. The van der Waals surface area contributed by atoms with E-state index in [2.05, 4.69) is 20.7 Å². The topological polar surface area (TPSA) is 106 Å². The summed E-state index contributed by atoms with van der Waals surface area (Å²) in [5.74, 6) is -0.808. The van der Waals surface area contributed by atoms with Crippen molar-refractivity contribution in [2.45, 2.75) is 6.54 Å². The molecule has 0 radical (unpaired) electrons. The fraction of sp³-hybridized carbons (Fsp3) is 0.0357. The van der Waals surface area contributed by atoms with Crippen molar-refractivity contribution in [1.29, 1.82) is 0 Å². The van der Waals surface area contributed by atoms with Crippen LogP contribution in [0.2, 0.25) is 0 Å². The number of rotatable bonds is 6. The van der Waals surface area contributed by atoms with E-state index in [0.717, 1.165) is 5.56 Å². The summed E-state index contributed by atoms with van der Waals surface area (Å²) in [4.78, 5) is 43.0. The maximum Gasteiger partial charge on any atom is 0.276 e. The molecule has 8 heteroatoms. The fourth-order valence-electron chi connectivity index (χ4n) is 3.83. The van der Waals surface area contributed by atoms with Crippen LogP contribution in [-0.4, -0.2) is 26.6 Å². The van der Waals surface area contributed by atoms with Crippen LogP contribution in [0.5, 0.6) is 0 Å². The molecule has 2 amide bonds. The molecule has 2 heterocycles. The average Bonchev–Trinajstić information content (AvgIpc) is 2.91. The lowest BCUT2D eigenvalue weighted by Crippen LogP contribution is -2.28. The Labute approximate surface area is 206 Å². The van der Waals surface area contributed by atoms with Gasteiger partial charge >= 0.3 is 0 Å². The molecule has 176 valence electrons. The van der Waals surface area contributed by atoms with Crippen LogP contribution in [0.4, 0.5) is 11.4 Å². The first-order chi connectivity index (χ1) is 17.6. The van der Waals surface area contributed by atoms with Crippen LogP contribution < -0.4 is 16.2 Å². The Kier molecular flexibility index (Phi) is 6.31. The van der Waals surface area contributed by atoms with E-state index < -0.39 is 5.91 Å². The molecular formula is C28H21N5O3. The van der Waals surface area contributed by atoms with Crippen LogP contribution in [0.25, 0.3) is 10.8 Å². The summed E-state index contributed by atoms with van der Waals surface area (Å²) in [6.07, 6.45) is 3.17. The molecule has 36 heavy (non-hydrogen) atoms. The first kappa shape index (κ1) is 22.7. The standard InChI is InChI=1S/C28H21N5O3/c34-26(30-21-13-15-29-16-14-21)20-9-6-10-22(17-20)31-27(35)25-23-11-4-5-12-24(23)28(36)33(32-25)18-19-7-2-1-3-8-19/h1-17H,18H2,(H,31,35)(H,29,30,34). The molecule has 0 fully saturated rings. The Hall–Kier alpha value is -5.11. The van der Waals surface area contributed by atoms with Crippen molar-refractivity contribution in [1.82, 2.24) is 14.8 Å². The van der Waals surface area contributed by atoms with Gasteiger partial charge in [0, 0.05) is 34.7 Å². The summed E-state index contributed by atoms with van der Waals surface area (Å²) in [5.41, 5.74) is 2.14. The molecule has 0 aliphatic heterocycles. The second kappa shape index (κ2) is 10.0. The minimum absolute atomic E-state index is 0.118. The summed E-state index contributed by atoms with van der Waals surface area (Å²) in [7, 11) is 0. The average molecular weight is 476 g/mol. The van der Waals surface area contributed by atoms with E-state index in [1.807, 2.05) is 30.3 Å². The molecule has 5 aromatic rings. The van der Waals surface area contributed by atoms with Crippen molar-refractivity contribution in [3.63, 3.8) is 0 Å². The molecule has 5 rings (SSSR count). The second-order valence-electron chi connectivity index (χ2n) is 8.07. The van der Waals surface area contributed by atoms with Gasteiger partial charge in [-0.25, -0.2) is 4.68 Å². The normalized spacial score (nSPS) is 10.7. The van der Waals surface area contributed by atoms with Crippen molar-refractivity contribution in [2.24, 2.45) is 0 Å².